The Morgan fingerprint density at radius 2 is 0.711 bits per heavy atom. The Labute approximate surface area is 542 Å². The van der Waals surface area contributed by atoms with Gasteiger partial charge in [0.1, 0.15) is 73.2 Å². The van der Waals surface area contributed by atoms with Gasteiger partial charge in [0.05, 0.1) is 38.6 Å². The van der Waals surface area contributed by atoms with Gasteiger partial charge in [0.25, 0.3) is 0 Å². The van der Waals surface area contributed by atoms with Gasteiger partial charge in [-0.2, -0.15) is 0 Å². The summed E-state index contributed by atoms with van der Waals surface area (Å²) < 4.78 is 34.3. The van der Waals surface area contributed by atoms with Crippen LogP contribution < -0.4 is 5.32 Å². The molecule has 0 spiro atoms. The van der Waals surface area contributed by atoms with Crippen molar-refractivity contribution in [3.05, 3.63) is 36.5 Å². The molecule has 0 aliphatic carbocycles. The van der Waals surface area contributed by atoms with E-state index in [0.717, 1.165) is 38.5 Å². The molecule has 3 aliphatic rings. The molecular weight excluding hydrogens is 1150 g/mol. The Hall–Kier alpha value is -1.99. The molecule has 3 heterocycles. The average Bonchev–Trinajstić information content (AvgIpc) is 1.05. The van der Waals surface area contributed by atoms with Gasteiger partial charge >= 0.3 is 0 Å². The number of amides is 1. The topological polar surface area (TPSA) is 307 Å². The molecular formula is C71H131NO18. The Morgan fingerprint density at radius 1 is 0.389 bits per heavy atom. The van der Waals surface area contributed by atoms with E-state index in [2.05, 4.69) is 43.5 Å². The third-order valence-electron chi connectivity index (χ3n) is 18.2. The van der Waals surface area contributed by atoms with Crippen molar-refractivity contribution in [2.45, 2.75) is 381 Å². The van der Waals surface area contributed by atoms with Crippen LogP contribution >= 0.6 is 0 Å². The fourth-order valence-corrected chi connectivity index (χ4v) is 12.3. The summed E-state index contributed by atoms with van der Waals surface area (Å²) >= 11 is 0. The van der Waals surface area contributed by atoms with E-state index in [4.69, 9.17) is 28.4 Å². The fraction of sp³-hybridized carbons (Fsp3) is 0.901. The molecule has 0 aromatic rings. The summed E-state index contributed by atoms with van der Waals surface area (Å²) in [7, 11) is 0. The number of hydrogen-bond donors (Lipinski definition) is 12. The van der Waals surface area contributed by atoms with E-state index in [-0.39, 0.29) is 18.9 Å². The van der Waals surface area contributed by atoms with Crippen molar-refractivity contribution in [1.29, 1.82) is 0 Å². The predicted molar refractivity (Wildman–Crippen MR) is 351 cm³/mol. The van der Waals surface area contributed by atoms with E-state index >= 15 is 0 Å². The molecule has 0 bridgehead atoms. The lowest BCUT2D eigenvalue weighted by Crippen LogP contribution is -2.66. The highest BCUT2D eigenvalue weighted by atomic mass is 16.8. The summed E-state index contributed by atoms with van der Waals surface area (Å²) in [5, 5.41) is 120. The first-order chi connectivity index (χ1) is 43.8. The van der Waals surface area contributed by atoms with Crippen LogP contribution in [0.2, 0.25) is 0 Å². The number of aliphatic hydroxyl groups excluding tert-OH is 11. The van der Waals surface area contributed by atoms with Crippen molar-refractivity contribution >= 4 is 5.91 Å². The monoisotopic (exact) mass is 1290 g/mol. The number of rotatable bonds is 56. The first-order valence-electron chi connectivity index (χ1n) is 36.2. The molecule has 0 saturated carbocycles. The van der Waals surface area contributed by atoms with E-state index < -0.39 is 124 Å². The average molecular weight is 1290 g/mol. The van der Waals surface area contributed by atoms with Crippen molar-refractivity contribution in [3.63, 3.8) is 0 Å². The summed E-state index contributed by atoms with van der Waals surface area (Å²) in [6.07, 6.45) is 35.6. The second-order valence-electron chi connectivity index (χ2n) is 26.0. The highest BCUT2D eigenvalue weighted by Gasteiger charge is 2.53. The van der Waals surface area contributed by atoms with Gasteiger partial charge in [-0.3, -0.25) is 4.79 Å². The number of hydrogen-bond acceptors (Lipinski definition) is 18. The molecule has 3 saturated heterocycles. The zero-order chi connectivity index (χ0) is 65.4. The predicted octanol–water partition coefficient (Wildman–Crippen LogP) is 10.00. The number of allylic oxidation sites excluding steroid dienone is 5. The molecule has 0 aromatic carbocycles. The van der Waals surface area contributed by atoms with Crippen molar-refractivity contribution < 1.29 is 89.4 Å². The van der Waals surface area contributed by atoms with Crippen molar-refractivity contribution in [2.75, 3.05) is 26.4 Å². The normalized spacial score (nSPS) is 28.2. The number of aliphatic hydroxyl groups is 11. The quantitative estimate of drug-likeness (QED) is 0.0199. The minimum atomic E-state index is -1.98. The third-order valence-corrected chi connectivity index (χ3v) is 18.2. The van der Waals surface area contributed by atoms with E-state index in [0.29, 0.717) is 12.8 Å². The molecule has 19 heteroatoms. The molecule has 17 atom stereocenters. The Kier molecular flexibility index (Phi) is 48.6. The van der Waals surface area contributed by atoms with E-state index in [9.17, 15) is 61.0 Å². The summed E-state index contributed by atoms with van der Waals surface area (Å²) in [6, 6.07) is -0.988. The van der Waals surface area contributed by atoms with Crippen molar-refractivity contribution in [2.24, 2.45) is 0 Å². The largest absolute Gasteiger partial charge is 0.394 e. The lowest BCUT2D eigenvalue weighted by atomic mass is 9.96. The van der Waals surface area contributed by atoms with Crippen LogP contribution in [-0.4, -0.2) is 193 Å². The molecule has 12 N–H and O–H groups in total. The van der Waals surface area contributed by atoms with Crippen molar-refractivity contribution in [1.82, 2.24) is 5.32 Å². The second kappa shape index (κ2) is 53.2. The number of carbonyl (C=O) groups excluding carboxylic acids is 1. The molecule has 1 amide bonds. The summed E-state index contributed by atoms with van der Waals surface area (Å²) in [4.78, 5) is 13.4. The van der Waals surface area contributed by atoms with Gasteiger partial charge in [-0.05, 0) is 57.8 Å². The zero-order valence-electron chi connectivity index (χ0n) is 55.9. The van der Waals surface area contributed by atoms with Gasteiger partial charge in [-0.15, -0.1) is 0 Å². The lowest BCUT2D eigenvalue weighted by Gasteiger charge is -2.48. The molecule has 0 aromatic heterocycles. The maximum absolute atomic E-state index is 13.4. The summed E-state index contributed by atoms with van der Waals surface area (Å²) in [5.74, 6) is -0.282. The van der Waals surface area contributed by atoms with Crippen LogP contribution in [0.1, 0.15) is 277 Å². The zero-order valence-corrected chi connectivity index (χ0v) is 55.9. The smallest absolute Gasteiger partial charge is 0.220 e. The number of carbonyl (C=O) groups is 1. The molecule has 0 radical (unpaired) electrons. The van der Waals surface area contributed by atoms with Crippen LogP contribution in [0.25, 0.3) is 0 Å². The van der Waals surface area contributed by atoms with Gasteiger partial charge in [0, 0.05) is 6.42 Å². The van der Waals surface area contributed by atoms with Gasteiger partial charge in [0.2, 0.25) is 5.91 Å². The fourth-order valence-electron chi connectivity index (χ4n) is 12.3. The summed E-state index contributed by atoms with van der Waals surface area (Å²) in [5.41, 5.74) is 0. The van der Waals surface area contributed by atoms with Crippen LogP contribution in [-0.2, 0) is 33.2 Å². The molecule has 90 heavy (non-hydrogen) atoms. The first kappa shape index (κ1) is 82.2. The Bertz CT molecular complexity index is 1780. The molecule has 3 rings (SSSR count). The van der Waals surface area contributed by atoms with Crippen LogP contribution in [0, 0.1) is 0 Å². The molecule has 19 nitrogen and oxygen atoms in total. The van der Waals surface area contributed by atoms with Crippen LogP contribution in [0.3, 0.4) is 0 Å². The third kappa shape index (κ3) is 34.6. The number of ether oxygens (including phenoxy) is 6. The van der Waals surface area contributed by atoms with E-state index in [1.165, 1.54) is 205 Å². The first-order valence-corrected chi connectivity index (χ1v) is 36.2. The van der Waals surface area contributed by atoms with Gasteiger partial charge in [0.15, 0.2) is 18.9 Å². The summed E-state index contributed by atoms with van der Waals surface area (Å²) in [6.45, 7) is 1.73. The van der Waals surface area contributed by atoms with E-state index in [1.807, 2.05) is 6.08 Å². The maximum atomic E-state index is 13.4. The van der Waals surface area contributed by atoms with Crippen LogP contribution in [0.4, 0.5) is 0 Å². The molecule has 17 unspecified atom stereocenters. The highest BCUT2D eigenvalue weighted by Crippen LogP contribution is 2.33. The maximum Gasteiger partial charge on any atom is 0.220 e. The second-order valence-corrected chi connectivity index (χ2v) is 26.0. The number of nitrogens with one attached hydrogen (secondary N) is 1. The minimum Gasteiger partial charge on any atom is -0.394 e. The number of unbranched alkanes of at least 4 members (excludes halogenated alkanes) is 36. The van der Waals surface area contributed by atoms with Crippen molar-refractivity contribution in [3.8, 4) is 0 Å². The van der Waals surface area contributed by atoms with Gasteiger partial charge in [-0.1, -0.05) is 249 Å². The van der Waals surface area contributed by atoms with Gasteiger partial charge < -0.3 is 89.9 Å². The van der Waals surface area contributed by atoms with Gasteiger partial charge in [-0.25, -0.2) is 0 Å². The Balaban J connectivity index is 1.40. The Morgan fingerprint density at radius 3 is 1.11 bits per heavy atom. The molecule has 528 valence electrons. The standard InChI is InChI=1S/C71H131NO18/c1-3-5-7-9-11-13-15-17-19-21-22-23-24-25-26-27-28-29-30-31-32-33-35-37-39-41-43-45-47-49-59(77)72-54(55(76)48-46-44-42-40-38-36-34-20-18-16-14-12-10-8-6-4-2)53-85-69-65(83)62(80)67(57(51-74)87-69)90-71-66(84)63(81)68(58(52-75)88-71)89-70-64(82)61(79)60(78)56(50-73)86-70/h21-22,38,40,46,48,54-58,60-71,73-76,78-84H,3-20,23-37,39,41-45,47,49-53H2,1-2H3,(H,72,77)/b22-21-,40-38+,48-46+. The van der Waals surface area contributed by atoms with E-state index in [1.54, 1.807) is 6.08 Å². The molecule has 3 aliphatic heterocycles. The van der Waals surface area contributed by atoms with Crippen LogP contribution in [0.5, 0.6) is 0 Å². The molecule has 3 fully saturated rings. The minimum absolute atomic E-state index is 0.238. The lowest BCUT2D eigenvalue weighted by molar-refractivity contribution is -0.379. The highest BCUT2D eigenvalue weighted by molar-refractivity contribution is 5.76. The van der Waals surface area contributed by atoms with Crippen LogP contribution in [0.15, 0.2) is 36.5 Å². The SMILES string of the molecule is CCCCCCCCCC/C=C\CCCCCCCCCCCCCCCCCCCC(=O)NC(COC1OC(CO)C(OC2OC(CO)C(OC3OC(CO)C(O)C(O)C3O)C(O)C2O)C(O)C1O)C(O)/C=C/CC/C=C/CCCCCCCCCCCC.